The Balaban J connectivity index is 2.28. The predicted molar refractivity (Wildman–Crippen MR) is 110 cm³/mol. The molecule has 0 radical (unpaired) electrons. The third-order valence-electron chi connectivity index (χ3n) is 5.45. The second-order valence-electron chi connectivity index (χ2n) is 7.42. The van der Waals surface area contributed by atoms with Gasteiger partial charge >= 0.3 is 5.97 Å². The number of nitrogens with zero attached hydrogens (tertiary/aromatic N) is 1. The van der Waals surface area contributed by atoms with Gasteiger partial charge in [-0.2, -0.15) is 0 Å². The second-order valence-corrected chi connectivity index (χ2v) is 7.42. The van der Waals surface area contributed by atoms with Gasteiger partial charge in [0.1, 0.15) is 5.75 Å². The molecule has 1 heterocycles. The van der Waals surface area contributed by atoms with Crippen molar-refractivity contribution >= 4 is 11.8 Å². The molecule has 1 aromatic carbocycles. The van der Waals surface area contributed by atoms with Crippen LogP contribution in [0.25, 0.3) is 0 Å². The molecule has 0 saturated carbocycles. The van der Waals surface area contributed by atoms with Crippen molar-refractivity contribution < 1.29 is 19.1 Å². The number of hydrogen-bond acceptors (Lipinski definition) is 5. The highest BCUT2D eigenvalue weighted by atomic mass is 16.5. The summed E-state index contributed by atoms with van der Waals surface area (Å²) in [7, 11) is 3.03. The first-order chi connectivity index (χ1) is 13.5. The van der Waals surface area contributed by atoms with Gasteiger partial charge in [0.2, 0.25) is 0 Å². The Hall–Kier alpha value is -2.30. The van der Waals surface area contributed by atoms with Crippen LogP contribution in [0.15, 0.2) is 36.0 Å². The molecule has 0 saturated heterocycles. The molecule has 2 rings (SSSR count). The van der Waals surface area contributed by atoms with E-state index >= 15 is 0 Å². The van der Waals surface area contributed by atoms with Crippen molar-refractivity contribution in [2.75, 3.05) is 14.2 Å². The normalized spacial score (nSPS) is 17.9. The van der Waals surface area contributed by atoms with E-state index in [0.717, 1.165) is 29.9 Å². The SMILES string of the molecule is CCCCCC[C@H]1CC(=O)C=C(CC(=O)OC)N1[C@@H](C)c1ccc(OC)cc1. The largest absolute Gasteiger partial charge is 0.497 e. The molecular weight excluding hydrogens is 354 g/mol. The zero-order chi connectivity index (χ0) is 20.5. The molecule has 0 aromatic heterocycles. The van der Waals surface area contributed by atoms with E-state index in [2.05, 4.69) is 18.7 Å². The number of ether oxygens (including phenoxy) is 2. The Labute approximate surface area is 168 Å². The molecule has 0 N–H and O–H groups in total. The van der Waals surface area contributed by atoms with Crippen molar-refractivity contribution in [1.29, 1.82) is 0 Å². The van der Waals surface area contributed by atoms with Gasteiger partial charge in [-0.05, 0) is 31.0 Å². The summed E-state index contributed by atoms with van der Waals surface area (Å²) in [6.45, 7) is 4.32. The predicted octanol–water partition coefficient (Wildman–Crippen LogP) is 4.82. The average Bonchev–Trinajstić information content (AvgIpc) is 2.70. The first kappa shape index (κ1) is 22.0. The lowest BCUT2D eigenvalue weighted by molar-refractivity contribution is -0.140. The van der Waals surface area contributed by atoms with E-state index in [1.807, 2.05) is 24.3 Å². The maximum atomic E-state index is 12.4. The van der Waals surface area contributed by atoms with Gasteiger partial charge in [-0.3, -0.25) is 9.59 Å². The highest BCUT2D eigenvalue weighted by Gasteiger charge is 2.32. The number of unbranched alkanes of at least 4 members (excludes halogenated alkanes) is 3. The first-order valence-electron chi connectivity index (χ1n) is 10.2. The molecule has 5 heteroatoms. The summed E-state index contributed by atoms with van der Waals surface area (Å²) in [6.07, 6.45) is 7.84. The minimum atomic E-state index is -0.322. The zero-order valence-corrected chi connectivity index (χ0v) is 17.6. The monoisotopic (exact) mass is 387 g/mol. The van der Waals surface area contributed by atoms with Crippen LogP contribution in [0.3, 0.4) is 0 Å². The maximum absolute atomic E-state index is 12.4. The Morgan fingerprint density at radius 1 is 1.18 bits per heavy atom. The molecule has 0 bridgehead atoms. The van der Waals surface area contributed by atoms with Crippen LogP contribution in [0.4, 0.5) is 0 Å². The van der Waals surface area contributed by atoms with Crippen LogP contribution in [-0.4, -0.2) is 36.9 Å². The smallest absolute Gasteiger partial charge is 0.311 e. The van der Waals surface area contributed by atoms with Crippen LogP contribution >= 0.6 is 0 Å². The van der Waals surface area contributed by atoms with Gasteiger partial charge in [-0.25, -0.2) is 0 Å². The Kier molecular flexibility index (Phi) is 8.55. The van der Waals surface area contributed by atoms with Crippen molar-refractivity contribution in [3.63, 3.8) is 0 Å². The van der Waals surface area contributed by atoms with Gasteiger partial charge in [0.15, 0.2) is 5.78 Å². The van der Waals surface area contributed by atoms with Crippen LogP contribution in [0.1, 0.15) is 70.4 Å². The lowest BCUT2D eigenvalue weighted by Gasteiger charge is -2.42. The van der Waals surface area contributed by atoms with Crippen LogP contribution in [-0.2, 0) is 14.3 Å². The minimum absolute atomic E-state index is 0.0473. The summed E-state index contributed by atoms with van der Waals surface area (Å²) in [4.78, 5) is 26.6. The van der Waals surface area contributed by atoms with Gasteiger partial charge in [0.05, 0.1) is 26.7 Å². The lowest BCUT2D eigenvalue weighted by Crippen LogP contribution is -2.42. The van der Waals surface area contributed by atoms with Gasteiger partial charge in [-0.15, -0.1) is 0 Å². The molecule has 0 fully saturated rings. The molecule has 0 unspecified atom stereocenters. The number of allylic oxidation sites excluding steroid dienone is 1. The highest BCUT2D eigenvalue weighted by molar-refractivity contribution is 5.92. The van der Waals surface area contributed by atoms with Crippen molar-refractivity contribution in [3.05, 3.63) is 41.6 Å². The quantitative estimate of drug-likeness (QED) is 0.426. The second kappa shape index (κ2) is 10.9. The highest BCUT2D eigenvalue weighted by Crippen LogP contribution is 2.35. The number of carbonyl (C=O) groups excluding carboxylic acids is 2. The van der Waals surface area contributed by atoms with Crippen molar-refractivity contribution in [2.24, 2.45) is 0 Å². The fourth-order valence-electron chi connectivity index (χ4n) is 3.90. The summed E-state index contributed by atoms with van der Waals surface area (Å²) in [6, 6.07) is 8.13. The van der Waals surface area contributed by atoms with Crippen LogP contribution in [0.5, 0.6) is 5.75 Å². The van der Waals surface area contributed by atoms with Crippen LogP contribution in [0.2, 0.25) is 0 Å². The number of benzene rings is 1. The summed E-state index contributed by atoms with van der Waals surface area (Å²) >= 11 is 0. The fraction of sp³-hybridized carbons (Fsp3) is 0.565. The zero-order valence-electron chi connectivity index (χ0n) is 17.6. The summed E-state index contributed by atoms with van der Waals surface area (Å²) in [5, 5.41) is 0. The van der Waals surface area contributed by atoms with E-state index in [1.165, 1.54) is 26.4 Å². The molecule has 2 atom stereocenters. The summed E-state index contributed by atoms with van der Waals surface area (Å²) in [5.41, 5.74) is 1.89. The van der Waals surface area contributed by atoms with Crippen molar-refractivity contribution in [1.82, 2.24) is 4.90 Å². The van der Waals surface area contributed by atoms with Crippen molar-refractivity contribution in [3.8, 4) is 5.75 Å². The van der Waals surface area contributed by atoms with E-state index < -0.39 is 0 Å². The molecule has 154 valence electrons. The van der Waals surface area contributed by atoms with Crippen molar-refractivity contribution in [2.45, 2.75) is 70.9 Å². The average molecular weight is 388 g/mol. The number of esters is 1. The standard InChI is InChI=1S/C23H33NO4/c1-5-6-7-8-9-19-14-21(25)15-20(16-23(26)28-4)24(19)17(2)18-10-12-22(27-3)13-11-18/h10-13,15,17,19H,5-9,14,16H2,1-4H3/t17-,19-/m0/s1. The van der Waals surface area contributed by atoms with Gasteiger partial charge in [0.25, 0.3) is 0 Å². The number of carbonyl (C=O) groups is 2. The van der Waals surface area contributed by atoms with Gasteiger partial charge < -0.3 is 14.4 Å². The van der Waals surface area contributed by atoms with Gasteiger partial charge in [0, 0.05) is 24.2 Å². The molecule has 0 spiro atoms. The van der Waals surface area contributed by atoms with E-state index in [1.54, 1.807) is 13.2 Å². The molecule has 0 amide bonds. The molecular formula is C23H33NO4. The van der Waals surface area contributed by atoms with Crippen LogP contribution in [0, 0.1) is 0 Å². The summed E-state index contributed by atoms with van der Waals surface area (Å²) in [5.74, 6) is 0.585. The molecule has 1 aliphatic rings. The summed E-state index contributed by atoms with van der Waals surface area (Å²) < 4.78 is 10.1. The fourth-order valence-corrected chi connectivity index (χ4v) is 3.90. The third kappa shape index (κ3) is 5.85. The Morgan fingerprint density at radius 2 is 1.89 bits per heavy atom. The molecule has 0 aliphatic carbocycles. The van der Waals surface area contributed by atoms with E-state index in [4.69, 9.17) is 9.47 Å². The van der Waals surface area contributed by atoms with Crippen LogP contribution < -0.4 is 4.74 Å². The Bertz CT molecular complexity index is 680. The number of methoxy groups -OCH3 is 2. The Morgan fingerprint density at radius 3 is 2.50 bits per heavy atom. The molecule has 1 aromatic rings. The van der Waals surface area contributed by atoms with E-state index in [-0.39, 0.29) is 30.3 Å². The van der Waals surface area contributed by atoms with E-state index in [0.29, 0.717) is 6.42 Å². The minimum Gasteiger partial charge on any atom is -0.497 e. The topological polar surface area (TPSA) is 55.8 Å². The van der Waals surface area contributed by atoms with E-state index in [9.17, 15) is 9.59 Å². The third-order valence-corrected chi connectivity index (χ3v) is 5.45. The number of hydrogen-bond donors (Lipinski definition) is 0. The molecule has 5 nitrogen and oxygen atoms in total. The number of rotatable bonds is 10. The molecule has 1 aliphatic heterocycles. The van der Waals surface area contributed by atoms with Gasteiger partial charge in [-0.1, -0.05) is 44.7 Å². The first-order valence-corrected chi connectivity index (χ1v) is 10.2. The lowest BCUT2D eigenvalue weighted by atomic mass is 9.92. The molecule has 28 heavy (non-hydrogen) atoms. The number of ketones is 1. The maximum Gasteiger partial charge on any atom is 0.311 e.